The molecule has 1 fully saturated rings. The Morgan fingerprint density at radius 1 is 1.14 bits per heavy atom. The van der Waals surface area contributed by atoms with Crippen molar-refractivity contribution in [3.63, 3.8) is 0 Å². The molecule has 200 valence electrons. The van der Waals surface area contributed by atoms with Gasteiger partial charge in [0.15, 0.2) is 6.10 Å². The Labute approximate surface area is 214 Å². The normalized spacial score (nSPS) is 18.2. The lowest BCUT2D eigenvalue weighted by atomic mass is 9.98. The van der Waals surface area contributed by atoms with E-state index in [9.17, 15) is 33.4 Å². The number of phenolic OH excluding ortho intramolecular Hbond substituents is 1. The summed E-state index contributed by atoms with van der Waals surface area (Å²) in [6.07, 6.45) is -2.14. The first-order valence-corrected chi connectivity index (χ1v) is 12.2. The van der Waals surface area contributed by atoms with Gasteiger partial charge in [0.05, 0.1) is 12.6 Å². The van der Waals surface area contributed by atoms with Crippen molar-refractivity contribution < 1.29 is 33.4 Å². The van der Waals surface area contributed by atoms with Gasteiger partial charge in [0, 0.05) is 24.1 Å². The van der Waals surface area contributed by atoms with E-state index in [0.29, 0.717) is 28.0 Å². The number of carbonyl (C=O) groups excluding carboxylic acids is 3. The number of amides is 3. The van der Waals surface area contributed by atoms with Crippen LogP contribution in [0.25, 0.3) is 0 Å². The molecule has 0 spiro atoms. The Balaban J connectivity index is 1.88. The molecule has 3 rings (SSSR count). The molecule has 1 saturated heterocycles. The number of phenols is 1. The van der Waals surface area contributed by atoms with E-state index in [0.717, 1.165) is 0 Å². The quantitative estimate of drug-likeness (QED) is 0.408. The molecule has 2 aromatic rings. The van der Waals surface area contributed by atoms with Crippen molar-refractivity contribution in [3.05, 3.63) is 64.7 Å². The molecule has 1 aliphatic rings. The van der Waals surface area contributed by atoms with Crippen LogP contribution >= 0.6 is 0 Å². The average molecular weight is 518 g/mol. The van der Waals surface area contributed by atoms with Gasteiger partial charge in [0.1, 0.15) is 11.8 Å². The fourth-order valence-electron chi connectivity index (χ4n) is 4.43. The fourth-order valence-corrected chi connectivity index (χ4v) is 4.43. The molecule has 0 radical (unpaired) electrons. The van der Waals surface area contributed by atoms with E-state index in [4.69, 9.17) is 0 Å². The number of likely N-dealkylation sites (tertiary alicyclic amines) is 1. The van der Waals surface area contributed by atoms with Crippen LogP contribution in [-0.2, 0) is 16.0 Å². The Bertz CT molecular complexity index is 1140. The minimum absolute atomic E-state index is 0.0211. The number of hydrogen-bond acceptors (Lipinski definition) is 5. The summed E-state index contributed by atoms with van der Waals surface area (Å²) < 4.78 is 28.6. The van der Waals surface area contributed by atoms with E-state index >= 15 is 0 Å². The molecule has 37 heavy (non-hydrogen) atoms. The molecule has 1 aliphatic heterocycles. The topological polar surface area (TPSA) is 119 Å². The molecule has 3 atom stereocenters. The van der Waals surface area contributed by atoms with Crippen molar-refractivity contribution in [2.45, 2.75) is 64.1 Å². The van der Waals surface area contributed by atoms with Gasteiger partial charge in [0.2, 0.25) is 5.91 Å². The average Bonchev–Trinajstić information content (AvgIpc) is 3.20. The molecule has 8 nitrogen and oxygen atoms in total. The molecule has 0 bridgehead atoms. The van der Waals surface area contributed by atoms with Crippen molar-refractivity contribution in [1.82, 2.24) is 15.5 Å². The van der Waals surface area contributed by atoms with E-state index in [1.165, 1.54) is 6.07 Å². The summed E-state index contributed by atoms with van der Waals surface area (Å²) in [6.45, 7) is 4.31. The van der Waals surface area contributed by atoms with Gasteiger partial charge >= 0.3 is 0 Å². The number of rotatable bonds is 9. The predicted molar refractivity (Wildman–Crippen MR) is 133 cm³/mol. The highest BCUT2D eigenvalue weighted by Crippen LogP contribution is 2.33. The van der Waals surface area contributed by atoms with Crippen molar-refractivity contribution >= 4 is 17.7 Å². The Morgan fingerprint density at radius 3 is 2.46 bits per heavy atom. The van der Waals surface area contributed by atoms with Crippen LogP contribution < -0.4 is 10.6 Å². The predicted octanol–water partition coefficient (Wildman–Crippen LogP) is 2.47. The lowest BCUT2D eigenvalue weighted by Gasteiger charge is -2.30. The number of aryl methyl sites for hydroxylation is 1. The van der Waals surface area contributed by atoms with Crippen LogP contribution in [0.15, 0.2) is 42.5 Å². The van der Waals surface area contributed by atoms with Gasteiger partial charge in [-0.3, -0.25) is 14.4 Å². The first kappa shape index (κ1) is 28.0. The number of aromatic hydroxyl groups is 1. The highest BCUT2D eigenvalue weighted by molar-refractivity contribution is 5.97. The summed E-state index contributed by atoms with van der Waals surface area (Å²) in [5, 5.41) is 26.5. The maximum atomic E-state index is 14.3. The monoisotopic (exact) mass is 517 g/mol. The Hall–Kier alpha value is -3.53. The van der Waals surface area contributed by atoms with Crippen LogP contribution in [0.2, 0.25) is 0 Å². The fraction of sp³-hybridized carbons (Fsp3) is 0.444. The zero-order valence-corrected chi connectivity index (χ0v) is 21.1. The molecule has 2 aromatic carbocycles. The molecule has 0 aliphatic carbocycles. The molecular weight excluding hydrogens is 484 g/mol. The number of halogens is 2. The highest BCUT2D eigenvalue weighted by Gasteiger charge is 2.51. The van der Waals surface area contributed by atoms with E-state index in [1.54, 1.807) is 50.2 Å². The van der Waals surface area contributed by atoms with Gasteiger partial charge in [-0.25, -0.2) is 8.78 Å². The van der Waals surface area contributed by atoms with Crippen LogP contribution in [-0.4, -0.2) is 70.0 Å². The van der Waals surface area contributed by atoms with E-state index < -0.39 is 54.8 Å². The van der Waals surface area contributed by atoms with E-state index in [2.05, 4.69) is 10.6 Å². The van der Waals surface area contributed by atoms with Crippen LogP contribution in [0, 0.1) is 13.8 Å². The minimum Gasteiger partial charge on any atom is -0.507 e. The number of nitrogens with zero attached hydrogens (tertiary/aromatic N) is 1. The van der Waals surface area contributed by atoms with Crippen LogP contribution in [0.3, 0.4) is 0 Å². The molecule has 10 heteroatoms. The number of aliphatic hydroxyl groups excluding tert-OH is 1. The van der Waals surface area contributed by atoms with Crippen molar-refractivity contribution in [2.75, 3.05) is 13.1 Å². The van der Waals surface area contributed by atoms with Crippen LogP contribution in [0.1, 0.15) is 46.8 Å². The maximum Gasteiger partial charge on any atom is 0.267 e. The summed E-state index contributed by atoms with van der Waals surface area (Å²) in [5.74, 6) is -5.78. The Kier molecular flexibility index (Phi) is 8.85. The van der Waals surface area contributed by atoms with E-state index in [1.807, 2.05) is 6.92 Å². The highest BCUT2D eigenvalue weighted by atomic mass is 19.3. The molecule has 3 amide bonds. The van der Waals surface area contributed by atoms with Gasteiger partial charge in [0.25, 0.3) is 17.7 Å². The second-order valence-electron chi connectivity index (χ2n) is 9.45. The third kappa shape index (κ3) is 6.62. The lowest BCUT2D eigenvalue weighted by molar-refractivity contribution is -0.147. The zero-order chi connectivity index (χ0) is 27.3. The number of alkyl halides is 2. The number of carbonyl (C=O) groups is 3. The molecule has 0 saturated carbocycles. The summed E-state index contributed by atoms with van der Waals surface area (Å²) in [5.41, 5.74) is 1.73. The molecule has 0 aromatic heterocycles. The summed E-state index contributed by atoms with van der Waals surface area (Å²) in [4.78, 5) is 39.7. The maximum absolute atomic E-state index is 14.3. The lowest BCUT2D eigenvalue weighted by Crippen LogP contribution is -2.56. The van der Waals surface area contributed by atoms with Crippen LogP contribution in [0.4, 0.5) is 8.78 Å². The third-order valence-electron chi connectivity index (χ3n) is 6.53. The second kappa shape index (κ2) is 11.7. The smallest absolute Gasteiger partial charge is 0.267 e. The third-order valence-corrected chi connectivity index (χ3v) is 6.53. The number of nitrogens with one attached hydrogen (secondary N) is 2. The molecule has 4 N–H and O–H groups in total. The minimum atomic E-state index is -3.29. The zero-order valence-electron chi connectivity index (χ0n) is 21.1. The summed E-state index contributed by atoms with van der Waals surface area (Å²) in [7, 11) is 0. The van der Waals surface area contributed by atoms with Gasteiger partial charge in [-0.1, -0.05) is 43.3 Å². The van der Waals surface area contributed by atoms with Crippen molar-refractivity contribution in [1.29, 1.82) is 0 Å². The molecule has 0 unspecified atom stereocenters. The molecular formula is C27H33F2N3O5. The largest absolute Gasteiger partial charge is 0.507 e. The number of aliphatic hydroxyl groups is 1. The number of benzene rings is 2. The summed E-state index contributed by atoms with van der Waals surface area (Å²) in [6, 6.07) is 9.21. The standard InChI is InChI=1S/C27H33F2N3O5/c1-4-12-30-25(36)21-14-27(28,29)15-32(21)26(37)23(34)20(13-18-8-6-5-7-9-18)31-24(35)19-11-10-16(2)22(33)17(19)3/h5-11,20-21,23,33-34H,4,12-15H2,1-3H3,(H,30,36)(H,31,35)/t20-,21-,23-/m0/s1. The molecule has 1 heterocycles. The SMILES string of the molecule is CCCNC(=O)[C@@H]1CC(F)(F)CN1C(=O)[C@@H](O)[C@H](Cc1ccccc1)NC(=O)c1ccc(C)c(O)c1C. The van der Waals surface area contributed by atoms with Crippen molar-refractivity contribution in [3.8, 4) is 5.75 Å². The number of hydrogen-bond donors (Lipinski definition) is 4. The Morgan fingerprint density at radius 2 is 1.81 bits per heavy atom. The van der Waals surface area contributed by atoms with Gasteiger partial charge in [-0.2, -0.15) is 0 Å². The first-order chi connectivity index (χ1) is 17.4. The van der Waals surface area contributed by atoms with Gasteiger partial charge < -0.3 is 25.7 Å². The van der Waals surface area contributed by atoms with Crippen molar-refractivity contribution in [2.24, 2.45) is 0 Å². The van der Waals surface area contributed by atoms with Gasteiger partial charge in [-0.15, -0.1) is 0 Å². The van der Waals surface area contributed by atoms with Crippen LogP contribution in [0.5, 0.6) is 5.75 Å². The summed E-state index contributed by atoms with van der Waals surface area (Å²) >= 11 is 0. The second-order valence-corrected chi connectivity index (χ2v) is 9.45. The first-order valence-electron chi connectivity index (χ1n) is 12.2. The van der Waals surface area contributed by atoms with E-state index in [-0.39, 0.29) is 24.3 Å². The van der Waals surface area contributed by atoms with Gasteiger partial charge in [-0.05, 0) is 43.9 Å².